The molecule has 0 amide bonds. The van der Waals surface area contributed by atoms with E-state index in [4.69, 9.17) is 9.40 Å². The average Bonchev–Trinajstić information content (AvgIpc) is 2.98. The van der Waals surface area contributed by atoms with Gasteiger partial charge in [0.05, 0.1) is 17.5 Å². The molecule has 96 valence electrons. The molecule has 3 heteroatoms. The first-order valence-electron chi connectivity index (χ1n) is 6.51. The first kappa shape index (κ1) is 11.9. The number of aromatic nitrogens is 1. The van der Waals surface area contributed by atoms with Crippen molar-refractivity contribution in [2.24, 2.45) is 0 Å². The van der Waals surface area contributed by atoms with E-state index in [0.29, 0.717) is 0 Å². The van der Waals surface area contributed by atoms with Crippen molar-refractivity contribution in [3.63, 3.8) is 0 Å². The normalized spacial score (nSPS) is 12.7. The molecule has 0 radical (unpaired) electrons. The third kappa shape index (κ3) is 2.37. The van der Waals surface area contributed by atoms with E-state index in [-0.39, 0.29) is 6.04 Å². The molecule has 0 saturated heterocycles. The van der Waals surface area contributed by atoms with Crippen LogP contribution < -0.4 is 5.32 Å². The lowest BCUT2D eigenvalue weighted by molar-refractivity contribution is 0.448. The quantitative estimate of drug-likeness (QED) is 0.772. The molecule has 1 unspecified atom stereocenters. The van der Waals surface area contributed by atoms with Crippen LogP contribution in [-0.4, -0.2) is 11.5 Å². The summed E-state index contributed by atoms with van der Waals surface area (Å²) in [5.74, 6) is 0.893. The number of furan rings is 1. The average molecular weight is 252 g/mol. The highest BCUT2D eigenvalue weighted by molar-refractivity contribution is 5.78. The van der Waals surface area contributed by atoms with Crippen LogP contribution in [0.15, 0.2) is 59.2 Å². The van der Waals surface area contributed by atoms with Gasteiger partial charge in [-0.05, 0) is 30.8 Å². The second-order valence-electron chi connectivity index (χ2n) is 4.43. The molecule has 3 aromatic rings. The van der Waals surface area contributed by atoms with E-state index in [9.17, 15) is 0 Å². The Morgan fingerprint density at radius 1 is 1.11 bits per heavy atom. The summed E-state index contributed by atoms with van der Waals surface area (Å²) in [4.78, 5) is 4.73. The van der Waals surface area contributed by atoms with Crippen LogP contribution in [0.3, 0.4) is 0 Å². The summed E-state index contributed by atoms with van der Waals surface area (Å²) in [6, 6.07) is 16.2. The minimum atomic E-state index is 0.00426. The summed E-state index contributed by atoms with van der Waals surface area (Å²) in [7, 11) is 0. The van der Waals surface area contributed by atoms with Gasteiger partial charge in [0.1, 0.15) is 11.8 Å². The van der Waals surface area contributed by atoms with E-state index in [1.807, 2.05) is 30.3 Å². The number of benzene rings is 1. The van der Waals surface area contributed by atoms with Crippen LogP contribution >= 0.6 is 0 Å². The molecule has 2 aromatic heterocycles. The minimum absolute atomic E-state index is 0.00426. The lowest BCUT2D eigenvalue weighted by Crippen LogP contribution is -2.22. The fourth-order valence-corrected chi connectivity index (χ4v) is 2.25. The molecule has 0 fully saturated rings. The second-order valence-corrected chi connectivity index (χ2v) is 4.43. The fraction of sp³-hybridized carbons (Fsp3) is 0.188. The summed E-state index contributed by atoms with van der Waals surface area (Å²) in [5.41, 5.74) is 1.99. The monoisotopic (exact) mass is 252 g/mol. The molecule has 0 bridgehead atoms. The van der Waals surface area contributed by atoms with Gasteiger partial charge in [0, 0.05) is 5.39 Å². The van der Waals surface area contributed by atoms with Crippen molar-refractivity contribution in [3.8, 4) is 0 Å². The third-order valence-electron chi connectivity index (χ3n) is 3.15. The Morgan fingerprint density at radius 3 is 2.79 bits per heavy atom. The zero-order valence-electron chi connectivity index (χ0n) is 10.8. The van der Waals surface area contributed by atoms with Crippen LogP contribution in [0.25, 0.3) is 10.9 Å². The number of nitrogens with one attached hydrogen (secondary N) is 1. The van der Waals surface area contributed by atoms with E-state index in [1.165, 1.54) is 0 Å². The standard InChI is InChI=1S/C16H16N2O/c1-2-17-16(15-8-5-11-19-15)14-10-9-12-6-3-4-7-13(12)18-14/h3-11,16-17H,2H2,1H3. The molecule has 1 atom stereocenters. The van der Waals surface area contributed by atoms with E-state index in [1.54, 1.807) is 6.26 Å². The number of pyridine rings is 1. The van der Waals surface area contributed by atoms with Crippen molar-refractivity contribution in [2.75, 3.05) is 6.54 Å². The smallest absolute Gasteiger partial charge is 0.126 e. The number of nitrogens with zero attached hydrogens (tertiary/aromatic N) is 1. The molecule has 1 N–H and O–H groups in total. The maximum atomic E-state index is 5.51. The minimum Gasteiger partial charge on any atom is -0.467 e. The highest BCUT2D eigenvalue weighted by Crippen LogP contribution is 2.23. The van der Waals surface area contributed by atoms with Gasteiger partial charge in [-0.2, -0.15) is 0 Å². The Morgan fingerprint density at radius 2 is 2.00 bits per heavy atom. The topological polar surface area (TPSA) is 38.1 Å². The van der Waals surface area contributed by atoms with Crippen LogP contribution in [0.1, 0.15) is 24.4 Å². The first-order chi connectivity index (χ1) is 9.38. The zero-order valence-corrected chi connectivity index (χ0v) is 10.8. The molecular formula is C16H16N2O. The van der Waals surface area contributed by atoms with Gasteiger partial charge >= 0.3 is 0 Å². The van der Waals surface area contributed by atoms with Crippen molar-refractivity contribution < 1.29 is 4.42 Å². The van der Waals surface area contributed by atoms with Crippen molar-refractivity contribution in [2.45, 2.75) is 13.0 Å². The Kier molecular flexibility index (Phi) is 3.29. The summed E-state index contributed by atoms with van der Waals surface area (Å²) >= 11 is 0. The highest BCUT2D eigenvalue weighted by atomic mass is 16.3. The molecule has 0 saturated carbocycles. The van der Waals surface area contributed by atoms with Gasteiger partial charge in [-0.3, -0.25) is 4.98 Å². The Hall–Kier alpha value is -2.13. The predicted octanol–water partition coefficient (Wildman–Crippen LogP) is 3.53. The molecule has 19 heavy (non-hydrogen) atoms. The Labute approximate surface area is 112 Å². The number of para-hydroxylation sites is 1. The second kappa shape index (κ2) is 5.24. The van der Waals surface area contributed by atoms with Gasteiger partial charge in [0.2, 0.25) is 0 Å². The first-order valence-corrected chi connectivity index (χ1v) is 6.51. The van der Waals surface area contributed by atoms with E-state index in [2.05, 4.69) is 30.4 Å². The predicted molar refractivity (Wildman–Crippen MR) is 76.0 cm³/mol. The van der Waals surface area contributed by atoms with Crippen molar-refractivity contribution in [1.29, 1.82) is 0 Å². The van der Waals surface area contributed by atoms with Gasteiger partial charge < -0.3 is 9.73 Å². The SMILES string of the molecule is CCNC(c1ccc2ccccc2n1)c1ccco1. The van der Waals surface area contributed by atoms with Crippen LogP contribution in [0.2, 0.25) is 0 Å². The van der Waals surface area contributed by atoms with Crippen molar-refractivity contribution >= 4 is 10.9 Å². The molecule has 0 aliphatic rings. The van der Waals surface area contributed by atoms with Gasteiger partial charge in [0.25, 0.3) is 0 Å². The molecule has 1 aromatic carbocycles. The van der Waals surface area contributed by atoms with E-state index >= 15 is 0 Å². The zero-order chi connectivity index (χ0) is 13.1. The number of hydrogen-bond donors (Lipinski definition) is 1. The van der Waals surface area contributed by atoms with Crippen LogP contribution in [0.5, 0.6) is 0 Å². The lowest BCUT2D eigenvalue weighted by Gasteiger charge is -2.15. The summed E-state index contributed by atoms with van der Waals surface area (Å²) < 4.78 is 5.51. The largest absolute Gasteiger partial charge is 0.467 e. The molecule has 3 rings (SSSR count). The molecule has 3 nitrogen and oxygen atoms in total. The van der Waals surface area contributed by atoms with Crippen LogP contribution in [0, 0.1) is 0 Å². The molecular weight excluding hydrogens is 236 g/mol. The number of hydrogen-bond acceptors (Lipinski definition) is 3. The van der Waals surface area contributed by atoms with E-state index in [0.717, 1.165) is 28.9 Å². The molecule has 2 heterocycles. The van der Waals surface area contributed by atoms with Crippen molar-refractivity contribution in [1.82, 2.24) is 10.3 Å². The summed E-state index contributed by atoms with van der Waals surface area (Å²) in [6.07, 6.45) is 1.70. The molecule has 0 aliphatic carbocycles. The number of fused-ring (bicyclic) bond motifs is 1. The Bertz CT molecular complexity index is 661. The fourth-order valence-electron chi connectivity index (χ4n) is 2.25. The maximum Gasteiger partial charge on any atom is 0.126 e. The van der Waals surface area contributed by atoms with Gasteiger partial charge in [0.15, 0.2) is 0 Å². The maximum absolute atomic E-state index is 5.51. The highest BCUT2D eigenvalue weighted by Gasteiger charge is 2.17. The summed E-state index contributed by atoms with van der Waals surface area (Å²) in [6.45, 7) is 2.94. The van der Waals surface area contributed by atoms with Gasteiger partial charge in [-0.1, -0.05) is 31.2 Å². The van der Waals surface area contributed by atoms with Crippen LogP contribution in [0.4, 0.5) is 0 Å². The van der Waals surface area contributed by atoms with Crippen molar-refractivity contribution in [3.05, 3.63) is 66.2 Å². The van der Waals surface area contributed by atoms with Crippen LogP contribution in [-0.2, 0) is 0 Å². The third-order valence-corrected chi connectivity index (χ3v) is 3.15. The Balaban J connectivity index is 2.05. The van der Waals surface area contributed by atoms with E-state index < -0.39 is 0 Å². The van der Waals surface area contributed by atoms with Gasteiger partial charge in [-0.25, -0.2) is 0 Å². The number of rotatable bonds is 4. The van der Waals surface area contributed by atoms with Gasteiger partial charge in [-0.15, -0.1) is 0 Å². The summed E-state index contributed by atoms with van der Waals surface area (Å²) in [5, 5.41) is 4.56. The lowest BCUT2D eigenvalue weighted by atomic mass is 10.1. The molecule has 0 aliphatic heterocycles. The molecule has 0 spiro atoms.